The van der Waals surface area contributed by atoms with Crippen LogP contribution in [-0.4, -0.2) is 19.8 Å². The molecule has 84 valence electrons. The predicted octanol–water partition coefficient (Wildman–Crippen LogP) is 2.28. The van der Waals surface area contributed by atoms with Crippen molar-refractivity contribution >= 4 is 0 Å². The molecule has 1 saturated heterocycles. The average Bonchev–Trinajstić information content (AvgIpc) is 2.84. The molecule has 0 radical (unpaired) electrons. The van der Waals surface area contributed by atoms with Crippen molar-refractivity contribution in [1.29, 1.82) is 0 Å². The van der Waals surface area contributed by atoms with Gasteiger partial charge in [0.2, 0.25) is 0 Å². The molecule has 2 heterocycles. The highest BCUT2D eigenvalue weighted by Crippen LogP contribution is 2.19. The van der Waals surface area contributed by atoms with Gasteiger partial charge in [0.05, 0.1) is 18.9 Å². The van der Waals surface area contributed by atoms with Crippen LogP contribution in [0.1, 0.15) is 30.7 Å². The third-order valence-corrected chi connectivity index (χ3v) is 3.03. The fourth-order valence-electron chi connectivity index (χ4n) is 2.01. The van der Waals surface area contributed by atoms with Crippen molar-refractivity contribution in [3.05, 3.63) is 23.7 Å². The lowest BCUT2D eigenvalue weighted by atomic mass is 10.1. The van der Waals surface area contributed by atoms with E-state index >= 15 is 0 Å². The van der Waals surface area contributed by atoms with E-state index in [-0.39, 0.29) is 0 Å². The molecule has 1 aliphatic heterocycles. The Morgan fingerprint density at radius 1 is 1.60 bits per heavy atom. The van der Waals surface area contributed by atoms with Gasteiger partial charge in [-0.3, -0.25) is 0 Å². The maximum atomic E-state index is 5.45. The first-order valence-corrected chi connectivity index (χ1v) is 5.62. The minimum absolute atomic E-state index is 0.292. The van der Waals surface area contributed by atoms with Gasteiger partial charge in [-0.15, -0.1) is 0 Å². The van der Waals surface area contributed by atoms with E-state index in [1.165, 1.54) is 12.0 Å². The quantitative estimate of drug-likeness (QED) is 0.826. The second kappa shape index (κ2) is 4.81. The zero-order valence-electron chi connectivity index (χ0n) is 9.45. The molecule has 3 nitrogen and oxygen atoms in total. The van der Waals surface area contributed by atoms with Crippen LogP contribution in [0.25, 0.3) is 0 Å². The van der Waals surface area contributed by atoms with Crippen LogP contribution in [0.2, 0.25) is 0 Å². The molecule has 1 aliphatic rings. The molecule has 2 unspecified atom stereocenters. The van der Waals surface area contributed by atoms with Crippen molar-refractivity contribution in [2.75, 3.05) is 19.8 Å². The smallest absolute Gasteiger partial charge is 0.123 e. The first kappa shape index (κ1) is 10.7. The summed E-state index contributed by atoms with van der Waals surface area (Å²) in [6.45, 7) is 7.05. The Morgan fingerprint density at radius 2 is 2.47 bits per heavy atom. The van der Waals surface area contributed by atoms with E-state index in [9.17, 15) is 0 Å². The normalized spacial score (nSPS) is 23.2. The van der Waals surface area contributed by atoms with Gasteiger partial charge in [-0.1, -0.05) is 0 Å². The highest BCUT2D eigenvalue weighted by atomic mass is 16.5. The Balaban J connectivity index is 1.81. The Hall–Kier alpha value is -0.800. The number of nitrogens with one attached hydrogen (secondary N) is 1. The summed E-state index contributed by atoms with van der Waals surface area (Å²) in [5.41, 5.74) is 1.22. The molecule has 0 aromatic carbocycles. The fourth-order valence-corrected chi connectivity index (χ4v) is 2.01. The van der Waals surface area contributed by atoms with E-state index in [1.54, 1.807) is 6.26 Å². The fraction of sp³-hybridized carbons (Fsp3) is 0.667. The molecule has 2 atom stereocenters. The van der Waals surface area contributed by atoms with E-state index in [1.807, 2.05) is 6.07 Å². The Morgan fingerprint density at radius 3 is 3.07 bits per heavy atom. The van der Waals surface area contributed by atoms with Crippen LogP contribution in [0.3, 0.4) is 0 Å². The molecule has 15 heavy (non-hydrogen) atoms. The Bertz CT molecular complexity index is 302. The van der Waals surface area contributed by atoms with E-state index in [2.05, 4.69) is 19.2 Å². The van der Waals surface area contributed by atoms with Crippen molar-refractivity contribution < 1.29 is 9.15 Å². The standard InChI is InChI=1S/C12H19NO2/c1-9-3-6-15-12(9)10(2)13-7-11-4-5-14-8-11/h3,6,10-11,13H,4-5,7-8H2,1-2H3. The lowest BCUT2D eigenvalue weighted by molar-refractivity contribution is 0.184. The second-order valence-electron chi connectivity index (χ2n) is 4.33. The second-order valence-corrected chi connectivity index (χ2v) is 4.33. The monoisotopic (exact) mass is 209 g/mol. The van der Waals surface area contributed by atoms with Gasteiger partial charge in [0.1, 0.15) is 5.76 Å². The summed E-state index contributed by atoms with van der Waals surface area (Å²) in [5.74, 6) is 1.72. The SMILES string of the molecule is Cc1ccoc1C(C)NCC1CCOC1. The molecule has 3 heteroatoms. The number of aryl methyl sites for hydroxylation is 1. The lowest BCUT2D eigenvalue weighted by Gasteiger charge is -2.15. The van der Waals surface area contributed by atoms with Crippen molar-refractivity contribution in [1.82, 2.24) is 5.32 Å². The Kier molecular flexibility index (Phi) is 3.44. The zero-order chi connectivity index (χ0) is 10.7. The van der Waals surface area contributed by atoms with E-state index < -0.39 is 0 Å². The first-order valence-electron chi connectivity index (χ1n) is 5.62. The van der Waals surface area contributed by atoms with Gasteiger partial charge in [-0.25, -0.2) is 0 Å². The summed E-state index contributed by atoms with van der Waals surface area (Å²) in [5, 5.41) is 3.49. The number of rotatable bonds is 4. The van der Waals surface area contributed by atoms with Crippen LogP contribution in [0.4, 0.5) is 0 Å². The minimum atomic E-state index is 0.292. The van der Waals surface area contributed by atoms with Crippen molar-refractivity contribution in [3.8, 4) is 0 Å². The molecule has 1 aromatic heterocycles. The van der Waals surface area contributed by atoms with Crippen LogP contribution in [-0.2, 0) is 4.74 Å². The molecule has 0 bridgehead atoms. The van der Waals surface area contributed by atoms with Crippen molar-refractivity contribution in [2.24, 2.45) is 5.92 Å². The summed E-state index contributed by atoms with van der Waals surface area (Å²) in [6.07, 6.45) is 2.93. The third kappa shape index (κ3) is 2.61. The van der Waals surface area contributed by atoms with Crippen molar-refractivity contribution in [3.63, 3.8) is 0 Å². The van der Waals surface area contributed by atoms with Crippen LogP contribution < -0.4 is 5.32 Å². The lowest BCUT2D eigenvalue weighted by Crippen LogP contribution is -2.26. The van der Waals surface area contributed by atoms with E-state index in [0.717, 1.165) is 25.5 Å². The summed E-state index contributed by atoms with van der Waals surface area (Å²) < 4.78 is 10.8. The predicted molar refractivity (Wildman–Crippen MR) is 58.8 cm³/mol. The molecule has 1 N–H and O–H groups in total. The molecule has 0 amide bonds. The third-order valence-electron chi connectivity index (χ3n) is 3.03. The topological polar surface area (TPSA) is 34.4 Å². The minimum Gasteiger partial charge on any atom is -0.467 e. The summed E-state index contributed by atoms with van der Waals surface area (Å²) >= 11 is 0. The van der Waals surface area contributed by atoms with Gasteiger partial charge >= 0.3 is 0 Å². The van der Waals surface area contributed by atoms with Crippen LogP contribution in [0, 0.1) is 12.8 Å². The maximum Gasteiger partial charge on any atom is 0.123 e. The zero-order valence-corrected chi connectivity index (χ0v) is 9.45. The van der Waals surface area contributed by atoms with Gasteiger partial charge in [0, 0.05) is 13.2 Å². The van der Waals surface area contributed by atoms with E-state index in [4.69, 9.17) is 9.15 Å². The number of ether oxygens (including phenoxy) is 1. The molecule has 1 aromatic rings. The molecule has 0 saturated carbocycles. The largest absolute Gasteiger partial charge is 0.467 e. The number of hydrogen-bond donors (Lipinski definition) is 1. The number of furan rings is 1. The summed E-state index contributed by atoms with van der Waals surface area (Å²) in [4.78, 5) is 0. The highest BCUT2D eigenvalue weighted by molar-refractivity contribution is 5.17. The van der Waals surface area contributed by atoms with Crippen LogP contribution >= 0.6 is 0 Å². The highest BCUT2D eigenvalue weighted by Gasteiger charge is 2.18. The van der Waals surface area contributed by atoms with Crippen LogP contribution in [0.5, 0.6) is 0 Å². The molecular weight excluding hydrogens is 190 g/mol. The average molecular weight is 209 g/mol. The molecule has 1 fully saturated rings. The van der Waals surface area contributed by atoms with Gasteiger partial charge in [-0.2, -0.15) is 0 Å². The summed E-state index contributed by atoms with van der Waals surface area (Å²) in [7, 11) is 0. The van der Waals surface area contributed by atoms with Crippen molar-refractivity contribution in [2.45, 2.75) is 26.3 Å². The van der Waals surface area contributed by atoms with Gasteiger partial charge < -0.3 is 14.5 Å². The number of hydrogen-bond acceptors (Lipinski definition) is 3. The van der Waals surface area contributed by atoms with E-state index in [0.29, 0.717) is 12.0 Å². The molecular formula is C12H19NO2. The molecule has 0 aliphatic carbocycles. The maximum absolute atomic E-state index is 5.45. The Labute approximate surface area is 90.8 Å². The van der Waals surface area contributed by atoms with Gasteiger partial charge in [0.25, 0.3) is 0 Å². The molecule has 0 spiro atoms. The first-order chi connectivity index (χ1) is 7.27. The van der Waals surface area contributed by atoms with Gasteiger partial charge in [0.15, 0.2) is 0 Å². The van der Waals surface area contributed by atoms with Gasteiger partial charge in [-0.05, 0) is 37.8 Å². The summed E-state index contributed by atoms with van der Waals surface area (Å²) in [6, 6.07) is 2.30. The van der Waals surface area contributed by atoms with Crippen LogP contribution in [0.15, 0.2) is 16.7 Å². The molecule has 2 rings (SSSR count).